The number of ether oxygens (including phenoxy) is 2. The van der Waals surface area contributed by atoms with Crippen LogP contribution >= 0.6 is 0 Å². The van der Waals surface area contributed by atoms with Gasteiger partial charge in [0.1, 0.15) is 30.2 Å². The van der Waals surface area contributed by atoms with Gasteiger partial charge >= 0.3 is 0 Å². The van der Waals surface area contributed by atoms with Crippen molar-refractivity contribution < 1.29 is 29.6 Å². The van der Waals surface area contributed by atoms with Crippen LogP contribution in [-0.4, -0.2) is 51.8 Å². The molecule has 2 rings (SSSR count). The number of carbonyl (C=O) groups is 1. The standard InChI is InChI=1S/C20H30O6/c1-12(2)6-4-5-7-14-8-10-15(11-9-14)25-20-18(24)16(22)17(23)19(26-20)13(3)21/h8-12,16-20,22-24H,4-7H2,1-3H3. The first-order valence-electron chi connectivity index (χ1n) is 9.25. The van der Waals surface area contributed by atoms with Crippen LogP contribution in [0.2, 0.25) is 0 Å². The van der Waals surface area contributed by atoms with Crippen molar-refractivity contribution in [3.8, 4) is 5.75 Å². The van der Waals surface area contributed by atoms with E-state index in [0.29, 0.717) is 5.75 Å². The quantitative estimate of drug-likeness (QED) is 0.608. The molecule has 1 saturated heterocycles. The summed E-state index contributed by atoms with van der Waals surface area (Å²) >= 11 is 0. The van der Waals surface area contributed by atoms with Gasteiger partial charge in [-0.2, -0.15) is 0 Å². The van der Waals surface area contributed by atoms with Gasteiger partial charge in [-0.25, -0.2) is 0 Å². The molecular weight excluding hydrogens is 336 g/mol. The minimum Gasteiger partial charge on any atom is -0.462 e. The van der Waals surface area contributed by atoms with E-state index in [1.807, 2.05) is 12.1 Å². The van der Waals surface area contributed by atoms with E-state index >= 15 is 0 Å². The number of Topliss-reactive ketones (excluding diaryl/α,β-unsaturated/α-hetero) is 1. The second kappa shape index (κ2) is 9.46. The van der Waals surface area contributed by atoms with Crippen LogP contribution in [0.1, 0.15) is 45.6 Å². The van der Waals surface area contributed by atoms with Crippen molar-refractivity contribution in [3.63, 3.8) is 0 Å². The highest BCUT2D eigenvalue weighted by Gasteiger charge is 2.46. The molecule has 5 unspecified atom stereocenters. The summed E-state index contributed by atoms with van der Waals surface area (Å²) in [4.78, 5) is 11.5. The number of aliphatic hydroxyl groups is 3. The number of benzene rings is 1. The van der Waals surface area contributed by atoms with E-state index in [9.17, 15) is 20.1 Å². The number of unbranched alkanes of at least 4 members (excludes halogenated alkanes) is 1. The van der Waals surface area contributed by atoms with Crippen molar-refractivity contribution in [2.45, 2.75) is 77.2 Å². The summed E-state index contributed by atoms with van der Waals surface area (Å²) in [7, 11) is 0. The molecule has 1 aliphatic rings. The Bertz CT molecular complexity index is 570. The van der Waals surface area contributed by atoms with Gasteiger partial charge in [-0.05, 0) is 43.4 Å². The zero-order chi connectivity index (χ0) is 19.3. The fourth-order valence-electron chi connectivity index (χ4n) is 3.03. The maximum Gasteiger partial charge on any atom is 0.229 e. The van der Waals surface area contributed by atoms with Crippen LogP contribution in [0.5, 0.6) is 5.75 Å². The van der Waals surface area contributed by atoms with Gasteiger partial charge in [-0.1, -0.05) is 38.8 Å². The Hall–Kier alpha value is -1.47. The second-order valence-corrected chi connectivity index (χ2v) is 7.41. The van der Waals surface area contributed by atoms with Crippen LogP contribution in [0.4, 0.5) is 0 Å². The minimum absolute atomic E-state index is 0.436. The molecule has 26 heavy (non-hydrogen) atoms. The Kier molecular flexibility index (Phi) is 7.58. The molecule has 0 bridgehead atoms. The monoisotopic (exact) mass is 366 g/mol. The van der Waals surface area contributed by atoms with Gasteiger partial charge < -0.3 is 24.8 Å². The second-order valence-electron chi connectivity index (χ2n) is 7.41. The maximum absolute atomic E-state index is 11.5. The Morgan fingerprint density at radius 3 is 2.31 bits per heavy atom. The average molecular weight is 366 g/mol. The lowest BCUT2D eigenvalue weighted by molar-refractivity contribution is -0.265. The summed E-state index contributed by atoms with van der Waals surface area (Å²) in [6, 6.07) is 7.45. The fourth-order valence-corrected chi connectivity index (χ4v) is 3.03. The molecule has 0 aliphatic carbocycles. The molecule has 3 N–H and O–H groups in total. The maximum atomic E-state index is 11.5. The summed E-state index contributed by atoms with van der Waals surface area (Å²) in [5, 5.41) is 29.8. The van der Waals surface area contributed by atoms with Crippen molar-refractivity contribution in [2.24, 2.45) is 5.92 Å². The van der Waals surface area contributed by atoms with Gasteiger partial charge in [0.25, 0.3) is 0 Å². The normalized spacial score (nSPS) is 29.0. The smallest absolute Gasteiger partial charge is 0.229 e. The number of aryl methyl sites for hydroxylation is 1. The van der Waals surface area contributed by atoms with Crippen molar-refractivity contribution in [2.75, 3.05) is 0 Å². The number of rotatable bonds is 8. The first-order valence-corrected chi connectivity index (χ1v) is 9.25. The van der Waals surface area contributed by atoms with Gasteiger partial charge in [0, 0.05) is 0 Å². The molecule has 1 aromatic rings. The van der Waals surface area contributed by atoms with Gasteiger partial charge in [0.15, 0.2) is 5.78 Å². The third-order valence-corrected chi connectivity index (χ3v) is 4.64. The highest BCUT2D eigenvalue weighted by molar-refractivity contribution is 5.81. The Labute approximate surface area is 154 Å². The lowest BCUT2D eigenvalue weighted by Gasteiger charge is -2.39. The number of aliphatic hydroxyl groups excluding tert-OH is 3. The topological polar surface area (TPSA) is 96.2 Å². The molecule has 1 aliphatic heterocycles. The zero-order valence-corrected chi connectivity index (χ0v) is 15.7. The summed E-state index contributed by atoms with van der Waals surface area (Å²) in [5.74, 6) is 0.750. The molecule has 6 nitrogen and oxygen atoms in total. The Balaban J connectivity index is 1.92. The van der Waals surface area contributed by atoms with E-state index in [0.717, 1.165) is 18.8 Å². The molecule has 0 radical (unpaired) electrons. The van der Waals surface area contributed by atoms with Gasteiger partial charge in [0.2, 0.25) is 6.29 Å². The SMILES string of the molecule is CC(=O)C1OC(Oc2ccc(CCCCC(C)C)cc2)C(O)C(O)C1O. The summed E-state index contributed by atoms with van der Waals surface area (Å²) < 4.78 is 10.9. The Morgan fingerprint density at radius 2 is 1.73 bits per heavy atom. The van der Waals surface area contributed by atoms with Crippen molar-refractivity contribution in [3.05, 3.63) is 29.8 Å². The molecule has 146 valence electrons. The lowest BCUT2D eigenvalue weighted by atomic mass is 9.97. The van der Waals surface area contributed by atoms with Crippen LogP contribution in [0.25, 0.3) is 0 Å². The molecule has 0 amide bonds. The molecule has 1 fully saturated rings. The highest BCUT2D eigenvalue weighted by Crippen LogP contribution is 2.25. The van der Waals surface area contributed by atoms with Gasteiger partial charge in [0.05, 0.1) is 0 Å². The molecule has 5 atom stereocenters. The van der Waals surface area contributed by atoms with E-state index in [2.05, 4.69) is 13.8 Å². The fraction of sp³-hybridized carbons (Fsp3) is 0.650. The Morgan fingerprint density at radius 1 is 1.08 bits per heavy atom. The van der Waals surface area contributed by atoms with E-state index in [4.69, 9.17) is 9.47 Å². The zero-order valence-electron chi connectivity index (χ0n) is 15.7. The first-order chi connectivity index (χ1) is 12.3. The van der Waals surface area contributed by atoms with Crippen LogP contribution in [-0.2, 0) is 16.0 Å². The van der Waals surface area contributed by atoms with E-state index in [1.54, 1.807) is 12.1 Å². The van der Waals surface area contributed by atoms with Crippen molar-refractivity contribution >= 4 is 5.78 Å². The predicted octanol–water partition coefficient (Wildman–Crippen LogP) is 1.83. The van der Waals surface area contributed by atoms with Crippen LogP contribution in [0, 0.1) is 5.92 Å². The first kappa shape index (κ1) is 20.8. The van der Waals surface area contributed by atoms with E-state index in [-0.39, 0.29) is 0 Å². The third-order valence-electron chi connectivity index (χ3n) is 4.64. The molecule has 0 spiro atoms. The summed E-state index contributed by atoms with van der Waals surface area (Å²) in [5.41, 5.74) is 1.20. The highest BCUT2D eigenvalue weighted by atomic mass is 16.7. The molecular formula is C20H30O6. The van der Waals surface area contributed by atoms with Gasteiger partial charge in [-0.3, -0.25) is 4.79 Å². The van der Waals surface area contributed by atoms with Gasteiger partial charge in [-0.15, -0.1) is 0 Å². The number of hydrogen-bond acceptors (Lipinski definition) is 6. The average Bonchev–Trinajstić information content (AvgIpc) is 2.60. The predicted molar refractivity (Wildman–Crippen MR) is 96.8 cm³/mol. The largest absolute Gasteiger partial charge is 0.462 e. The molecule has 0 saturated carbocycles. The molecule has 6 heteroatoms. The van der Waals surface area contributed by atoms with Crippen LogP contribution < -0.4 is 4.74 Å². The van der Waals surface area contributed by atoms with Crippen LogP contribution in [0.15, 0.2) is 24.3 Å². The minimum atomic E-state index is -1.51. The number of hydrogen-bond donors (Lipinski definition) is 3. The summed E-state index contributed by atoms with van der Waals surface area (Å²) in [6.07, 6.45) is -2.33. The summed E-state index contributed by atoms with van der Waals surface area (Å²) in [6.45, 7) is 5.70. The van der Waals surface area contributed by atoms with Crippen LogP contribution in [0.3, 0.4) is 0 Å². The molecule has 1 aromatic carbocycles. The third kappa shape index (κ3) is 5.51. The number of ketones is 1. The van der Waals surface area contributed by atoms with E-state index in [1.165, 1.54) is 25.3 Å². The molecule has 0 aromatic heterocycles. The lowest BCUT2D eigenvalue weighted by Crippen LogP contribution is -2.60. The number of carbonyl (C=O) groups excluding carboxylic acids is 1. The molecule has 1 heterocycles. The van der Waals surface area contributed by atoms with Crippen molar-refractivity contribution in [1.82, 2.24) is 0 Å². The van der Waals surface area contributed by atoms with E-state index < -0.39 is 36.5 Å². The van der Waals surface area contributed by atoms with Crippen molar-refractivity contribution in [1.29, 1.82) is 0 Å².